The molecule has 0 bridgehead atoms. The van der Waals surface area contributed by atoms with Crippen molar-refractivity contribution in [2.24, 2.45) is 0 Å². The van der Waals surface area contributed by atoms with E-state index in [1.165, 1.54) is 0 Å². The molecule has 0 aliphatic carbocycles. The van der Waals surface area contributed by atoms with E-state index in [0.717, 1.165) is 16.4 Å². The number of para-hydroxylation sites is 1. The van der Waals surface area contributed by atoms with Crippen LogP contribution in [0.25, 0.3) is 11.5 Å². The van der Waals surface area contributed by atoms with Gasteiger partial charge in [-0.1, -0.05) is 24.3 Å². The van der Waals surface area contributed by atoms with E-state index in [1.807, 2.05) is 76.9 Å². The average Bonchev–Trinajstić information content (AvgIpc) is 3.41. The molecule has 5 nitrogen and oxygen atoms in total. The SMILES string of the molecule is O=C(NCc1cccs1)c1cnn(-c2ccccc2)c1-n1cccc1. The van der Waals surface area contributed by atoms with E-state index in [0.29, 0.717) is 12.1 Å². The zero-order valence-electron chi connectivity index (χ0n) is 13.4. The van der Waals surface area contributed by atoms with E-state index >= 15 is 0 Å². The molecule has 0 fully saturated rings. The van der Waals surface area contributed by atoms with Crippen molar-refractivity contribution >= 4 is 17.2 Å². The van der Waals surface area contributed by atoms with Crippen LogP contribution in [0.1, 0.15) is 15.2 Å². The van der Waals surface area contributed by atoms with Crippen molar-refractivity contribution < 1.29 is 4.79 Å². The van der Waals surface area contributed by atoms with Crippen LogP contribution in [-0.2, 0) is 6.54 Å². The van der Waals surface area contributed by atoms with Gasteiger partial charge in [0, 0.05) is 17.3 Å². The molecule has 1 aromatic carbocycles. The van der Waals surface area contributed by atoms with E-state index in [9.17, 15) is 4.79 Å². The van der Waals surface area contributed by atoms with Crippen LogP contribution >= 0.6 is 11.3 Å². The molecule has 4 rings (SSSR count). The first-order valence-electron chi connectivity index (χ1n) is 7.90. The minimum absolute atomic E-state index is 0.140. The van der Waals surface area contributed by atoms with E-state index in [-0.39, 0.29) is 5.91 Å². The number of nitrogens with zero attached hydrogens (tertiary/aromatic N) is 3. The first-order chi connectivity index (χ1) is 12.3. The molecule has 4 aromatic rings. The highest BCUT2D eigenvalue weighted by atomic mass is 32.1. The summed E-state index contributed by atoms with van der Waals surface area (Å²) in [5.41, 5.74) is 1.44. The Morgan fingerprint density at radius 3 is 2.56 bits per heavy atom. The van der Waals surface area contributed by atoms with E-state index in [1.54, 1.807) is 22.2 Å². The van der Waals surface area contributed by atoms with Gasteiger partial charge in [0.05, 0.1) is 18.4 Å². The topological polar surface area (TPSA) is 51.9 Å². The monoisotopic (exact) mass is 348 g/mol. The molecule has 0 atom stereocenters. The lowest BCUT2D eigenvalue weighted by Crippen LogP contribution is -2.23. The van der Waals surface area contributed by atoms with E-state index in [4.69, 9.17) is 0 Å². The van der Waals surface area contributed by atoms with Crippen LogP contribution in [0.5, 0.6) is 0 Å². The lowest BCUT2D eigenvalue weighted by molar-refractivity contribution is 0.0951. The minimum Gasteiger partial charge on any atom is -0.347 e. The van der Waals surface area contributed by atoms with Gasteiger partial charge in [-0.05, 0) is 35.7 Å². The number of benzene rings is 1. The zero-order valence-corrected chi connectivity index (χ0v) is 14.2. The highest BCUT2D eigenvalue weighted by Gasteiger charge is 2.19. The first-order valence-corrected chi connectivity index (χ1v) is 8.78. The van der Waals surface area contributed by atoms with Gasteiger partial charge in [0.1, 0.15) is 5.56 Å². The zero-order chi connectivity index (χ0) is 17.1. The third-order valence-corrected chi connectivity index (χ3v) is 4.72. The fourth-order valence-electron chi connectivity index (χ4n) is 2.66. The number of aromatic nitrogens is 3. The van der Waals surface area contributed by atoms with Gasteiger partial charge in [-0.3, -0.25) is 4.79 Å². The summed E-state index contributed by atoms with van der Waals surface area (Å²) in [7, 11) is 0. The Morgan fingerprint density at radius 2 is 1.84 bits per heavy atom. The van der Waals surface area contributed by atoms with Crippen LogP contribution in [0.4, 0.5) is 0 Å². The van der Waals surface area contributed by atoms with Crippen molar-refractivity contribution in [3.05, 3.63) is 89.0 Å². The summed E-state index contributed by atoms with van der Waals surface area (Å²) >= 11 is 1.62. The summed E-state index contributed by atoms with van der Waals surface area (Å²) in [4.78, 5) is 13.8. The van der Waals surface area contributed by atoms with Gasteiger partial charge in [0.2, 0.25) is 0 Å². The van der Waals surface area contributed by atoms with Crippen molar-refractivity contribution in [2.45, 2.75) is 6.54 Å². The summed E-state index contributed by atoms with van der Waals surface area (Å²) < 4.78 is 3.68. The first kappa shape index (κ1) is 15.4. The molecule has 0 aliphatic rings. The molecule has 0 spiro atoms. The Hall–Kier alpha value is -3.12. The number of carbonyl (C=O) groups is 1. The molecular weight excluding hydrogens is 332 g/mol. The van der Waals surface area contributed by atoms with Gasteiger partial charge >= 0.3 is 0 Å². The Bertz CT molecular complexity index is 956. The number of carbonyl (C=O) groups excluding carboxylic acids is 1. The van der Waals surface area contributed by atoms with Crippen molar-refractivity contribution in [3.63, 3.8) is 0 Å². The van der Waals surface area contributed by atoms with Gasteiger partial charge in [0.15, 0.2) is 5.82 Å². The minimum atomic E-state index is -0.140. The number of hydrogen-bond donors (Lipinski definition) is 1. The van der Waals surface area contributed by atoms with Gasteiger partial charge < -0.3 is 9.88 Å². The van der Waals surface area contributed by atoms with Gasteiger partial charge in [-0.2, -0.15) is 5.10 Å². The van der Waals surface area contributed by atoms with E-state index < -0.39 is 0 Å². The number of nitrogens with one attached hydrogen (secondary N) is 1. The summed E-state index contributed by atoms with van der Waals surface area (Å²) in [6.07, 6.45) is 5.44. The van der Waals surface area contributed by atoms with Crippen molar-refractivity contribution in [3.8, 4) is 11.5 Å². The van der Waals surface area contributed by atoms with Crippen LogP contribution in [0.15, 0.2) is 78.6 Å². The maximum Gasteiger partial charge on any atom is 0.257 e. The van der Waals surface area contributed by atoms with Gasteiger partial charge in [-0.25, -0.2) is 4.68 Å². The Balaban J connectivity index is 1.70. The molecule has 3 aromatic heterocycles. The fourth-order valence-corrected chi connectivity index (χ4v) is 3.30. The second-order valence-corrected chi connectivity index (χ2v) is 6.51. The molecule has 0 aliphatic heterocycles. The summed E-state index contributed by atoms with van der Waals surface area (Å²) in [5, 5.41) is 9.42. The lowest BCUT2D eigenvalue weighted by atomic mass is 10.2. The predicted octanol–water partition coefficient (Wildman–Crippen LogP) is 3.65. The van der Waals surface area contributed by atoms with Crippen molar-refractivity contribution in [2.75, 3.05) is 0 Å². The van der Waals surface area contributed by atoms with Crippen LogP contribution < -0.4 is 5.32 Å². The second-order valence-electron chi connectivity index (χ2n) is 5.48. The number of thiophene rings is 1. The van der Waals surface area contributed by atoms with Crippen LogP contribution in [-0.4, -0.2) is 20.3 Å². The molecule has 124 valence electrons. The lowest BCUT2D eigenvalue weighted by Gasteiger charge is -2.11. The van der Waals surface area contributed by atoms with Crippen LogP contribution in [0.2, 0.25) is 0 Å². The quantitative estimate of drug-likeness (QED) is 0.598. The molecule has 1 amide bonds. The third-order valence-electron chi connectivity index (χ3n) is 3.84. The molecule has 0 radical (unpaired) electrons. The smallest absolute Gasteiger partial charge is 0.257 e. The summed E-state index contributed by atoms with van der Waals surface area (Å²) in [6.45, 7) is 0.512. The largest absolute Gasteiger partial charge is 0.347 e. The third kappa shape index (κ3) is 3.12. The number of hydrogen-bond acceptors (Lipinski definition) is 3. The van der Waals surface area contributed by atoms with Crippen LogP contribution in [0, 0.1) is 0 Å². The molecular formula is C19H16N4OS. The second kappa shape index (κ2) is 6.78. The molecule has 25 heavy (non-hydrogen) atoms. The Morgan fingerprint density at radius 1 is 1.04 bits per heavy atom. The normalized spacial score (nSPS) is 10.7. The standard InChI is InChI=1S/C19H16N4OS/c24-18(20-13-16-9-6-12-25-16)17-14-21-23(15-7-2-1-3-8-15)19(17)22-10-4-5-11-22/h1-12,14H,13H2,(H,20,24). The number of amides is 1. The summed E-state index contributed by atoms with van der Waals surface area (Å²) in [5.74, 6) is 0.583. The molecule has 3 heterocycles. The maximum atomic E-state index is 12.7. The Kier molecular flexibility index (Phi) is 4.18. The van der Waals surface area contributed by atoms with Gasteiger partial charge in [0.25, 0.3) is 5.91 Å². The van der Waals surface area contributed by atoms with Crippen LogP contribution in [0.3, 0.4) is 0 Å². The molecule has 1 N–H and O–H groups in total. The maximum absolute atomic E-state index is 12.7. The fraction of sp³-hybridized carbons (Fsp3) is 0.0526. The predicted molar refractivity (Wildman–Crippen MR) is 98.4 cm³/mol. The van der Waals surface area contributed by atoms with Crippen molar-refractivity contribution in [1.29, 1.82) is 0 Å². The average molecular weight is 348 g/mol. The highest BCUT2D eigenvalue weighted by molar-refractivity contribution is 7.09. The molecule has 0 saturated carbocycles. The highest BCUT2D eigenvalue weighted by Crippen LogP contribution is 2.20. The van der Waals surface area contributed by atoms with E-state index in [2.05, 4.69) is 10.4 Å². The molecule has 6 heteroatoms. The Labute approximate surface area is 149 Å². The van der Waals surface area contributed by atoms with Crippen molar-refractivity contribution in [1.82, 2.24) is 19.7 Å². The van der Waals surface area contributed by atoms with Gasteiger partial charge in [-0.15, -0.1) is 11.3 Å². The molecule has 0 saturated heterocycles. The summed E-state index contributed by atoms with van der Waals surface area (Å²) in [6, 6.07) is 17.6. The molecule has 0 unspecified atom stereocenters. The number of rotatable bonds is 5.